The highest BCUT2D eigenvalue weighted by Crippen LogP contribution is 2.25. The van der Waals surface area contributed by atoms with Crippen molar-refractivity contribution >= 4 is 17.5 Å². The van der Waals surface area contributed by atoms with Crippen LogP contribution in [0.5, 0.6) is 0 Å². The highest BCUT2D eigenvalue weighted by Gasteiger charge is 2.15. The zero-order chi connectivity index (χ0) is 19.2. The van der Waals surface area contributed by atoms with Gasteiger partial charge in [0.1, 0.15) is 5.82 Å². The van der Waals surface area contributed by atoms with Gasteiger partial charge in [-0.05, 0) is 36.6 Å². The van der Waals surface area contributed by atoms with E-state index >= 15 is 0 Å². The van der Waals surface area contributed by atoms with Gasteiger partial charge in [-0.15, -0.1) is 0 Å². The van der Waals surface area contributed by atoms with E-state index in [4.69, 9.17) is 0 Å². The van der Waals surface area contributed by atoms with Crippen LogP contribution in [0.1, 0.15) is 19.4 Å². The smallest absolute Gasteiger partial charge is 0.225 e. The molecule has 0 aliphatic heterocycles. The van der Waals surface area contributed by atoms with Gasteiger partial charge in [0.25, 0.3) is 0 Å². The molecule has 0 unspecified atom stereocenters. The molecule has 1 aromatic carbocycles. The van der Waals surface area contributed by atoms with Crippen molar-refractivity contribution in [3.05, 3.63) is 60.4 Å². The molecule has 0 fully saturated rings. The summed E-state index contributed by atoms with van der Waals surface area (Å²) in [6.07, 6.45) is 3.51. The summed E-state index contributed by atoms with van der Waals surface area (Å²) in [4.78, 5) is 13.4. The Balaban J connectivity index is 1.99. The number of nitrogens with zero attached hydrogens (tertiary/aromatic N) is 3. The van der Waals surface area contributed by atoms with Crippen molar-refractivity contribution in [2.75, 3.05) is 17.2 Å². The van der Waals surface area contributed by atoms with Crippen LogP contribution in [0.4, 0.5) is 17.5 Å². The number of anilines is 3. The van der Waals surface area contributed by atoms with Gasteiger partial charge in [0, 0.05) is 29.7 Å². The summed E-state index contributed by atoms with van der Waals surface area (Å²) in [5.41, 5.74) is 3.78. The number of hydrogen-bond donors (Lipinski definition) is 3. The molecule has 2 aromatic heterocycles. The number of nitrogens with one attached hydrogen (secondary N) is 2. The molecule has 3 aromatic rings. The number of pyridine rings is 1. The summed E-state index contributed by atoms with van der Waals surface area (Å²) < 4.78 is 0. The minimum Gasteiger partial charge on any atom is -0.394 e. The predicted molar refractivity (Wildman–Crippen MR) is 109 cm³/mol. The molecule has 6 nitrogen and oxygen atoms in total. The molecule has 3 rings (SSSR count). The number of benzene rings is 1. The molecular weight excluding hydrogens is 338 g/mol. The standard InChI is InChI=1S/C21H25N5O/c1-14(2)19(13-27)25-21-24-18(16-8-6-10-22-12-16)11-20(26-21)23-17-9-5-4-7-15(17)3/h4-12,14,19,27H,13H2,1-3H3,(H2,23,24,25,26)/t19-/m1/s1. The topological polar surface area (TPSA) is 83.0 Å². The normalized spacial score (nSPS) is 12.0. The molecular formula is C21H25N5O. The molecule has 0 aliphatic carbocycles. The third-order valence-corrected chi connectivity index (χ3v) is 4.41. The number of aliphatic hydroxyl groups is 1. The van der Waals surface area contributed by atoms with Crippen molar-refractivity contribution < 1.29 is 5.11 Å². The summed E-state index contributed by atoms with van der Waals surface area (Å²) in [5.74, 6) is 1.40. The lowest BCUT2D eigenvalue weighted by molar-refractivity contribution is 0.248. The first-order valence-corrected chi connectivity index (χ1v) is 9.06. The Morgan fingerprint density at radius 2 is 1.89 bits per heavy atom. The van der Waals surface area contributed by atoms with Gasteiger partial charge >= 0.3 is 0 Å². The first-order chi connectivity index (χ1) is 13.1. The predicted octanol–water partition coefficient (Wildman–Crippen LogP) is 4.02. The van der Waals surface area contributed by atoms with E-state index < -0.39 is 0 Å². The van der Waals surface area contributed by atoms with Crippen molar-refractivity contribution in [1.29, 1.82) is 0 Å². The van der Waals surface area contributed by atoms with E-state index in [0.717, 1.165) is 22.5 Å². The van der Waals surface area contributed by atoms with Crippen LogP contribution in [-0.4, -0.2) is 32.7 Å². The second kappa shape index (κ2) is 8.60. The summed E-state index contributed by atoms with van der Waals surface area (Å²) in [7, 11) is 0. The molecule has 2 heterocycles. The summed E-state index contributed by atoms with van der Waals surface area (Å²) in [6.45, 7) is 6.15. The van der Waals surface area contributed by atoms with E-state index in [1.54, 1.807) is 12.4 Å². The van der Waals surface area contributed by atoms with Crippen LogP contribution in [0.2, 0.25) is 0 Å². The molecule has 0 saturated carbocycles. The number of aryl methyl sites for hydroxylation is 1. The second-order valence-corrected chi connectivity index (χ2v) is 6.82. The highest BCUT2D eigenvalue weighted by atomic mass is 16.3. The summed E-state index contributed by atoms with van der Waals surface area (Å²) >= 11 is 0. The molecule has 6 heteroatoms. The Labute approximate surface area is 159 Å². The average Bonchev–Trinajstić information content (AvgIpc) is 2.68. The fourth-order valence-corrected chi connectivity index (χ4v) is 2.68. The lowest BCUT2D eigenvalue weighted by atomic mass is 10.1. The molecule has 0 spiro atoms. The van der Waals surface area contributed by atoms with Crippen LogP contribution < -0.4 is 10.6 Å². The maximum absolute atomic E-state index is 9.64. The van der Waals surface area contributed by atoms with Crippen molar-refractivity contribution in [2.45, 2.75) is 26.8 Å². The van der Waals surface area contributed by atoms with Crippen LogP contribution in [-0.2, 0) is 0 Å². The van der Waals surface area contributed by atoms with E-state index in [9.17, 15) is 5.11 Å². The molecule has 27 heavy (non-hydrogen) atoms. The minimum atomic E-state index is -0.125. The molecule has 0 saturated heterocycles. The number of rotatable bonds is 7. The number of para-hydroxylation sites is 1. The summed E-state index contributed by atoms with van der Waals surface area (Å²) in [6, 6.07) is 13.7. The molecule has 0 amide bonds. The SMILES string of the molecule is Cc1ccccc1Nc1cc(-c2cccnc2)nc(N[C@H](CO)C(C)C)n1. The second-order valence-electron chi connectivity index (χ2n) is 6.82. The van der Waals surface area contributed by atoms with Gasteiger partial charge in [-0.1, -0.05) is 32.0 Å². The zero-order valence-electron chi connectivity index (χ0n) is 15.8. The van der Waals surface area contributed by atoms with Crippen molar-refractivity contribution in [1.82, 2.24) is 15.0 Å². The van der Waals surface area contributed by atoms with Gasteiger partial charge in [-0.3, -0.25) is 4.98 Å². The monoisotopic (exact) mass is 363 g/mol. The molecule has 0 bridgehead atoms. The van der Waals surface area contributed by atoms with E-state index in [-0.39, 0.29) is 18.6 Å². The van der Waals surface area contributed by atoms with Crippen LogP contribution in [0, 0.1) is 12.8 Å². The molecule has 0 aliphatic rings. The fourth-order valence-electron chi connectivity index (χ4n) is 2.68. The van der Waals surface area contributed by atoms with Gasteiger partial charge in [0.15, 0.2) is 0 Å². The van der Waals surface area contributed by atoms with Gasteiger partial charge < -0.3 is 15.7 Å². The zero-order valence-corrected chi connectivity index (χ0v) is 15.8. The maximum atomic E-state index is 9.64. The van der Waals surface area contributed by atoms with Crippen molar-refractivity contribution in [3.8, 4) is 11.3 Å². The first kappa shape index (κ1) is 18.8. The van der Waals surface area contributed by atoms with Gasteiger partial charge in [0.2, 0.25) is 5.95 Å². The van der Waals surface area contributed by atoms with Crippen LogP contribution >= 0.6 is 0 Å². The van der Waals surface area contributed by atoms with Crippen LogP contribution in [0.25, 0.3) is 11.3 Å². The maximum Gasteiger partial charge on any atom is 0.225 e. The highest BCUT2D eigenvalue weighted by molar-refractivity contribution is 5.68. The van der Waals surface area contributed by atoms with Gasteiger partial charge in [0.05, 0.1) is 18.3 Å². The summed E-state index contributed by atoms with van der Waals surface area (Å²) in [5, 5.41) is 16.3. The Morgan fingerprint density at radius 1 is 1.07 bits per heavy atom. The van der Waals surface area contributed by atoms with Crippen molar-refractivity contribution in [3.63, 3.8) is 0 Å². The minimum absolute atomic E-state index is 0.0126. The third kappa shape index (κ3) is 4.80. The molecule has 0 radical (unpaired) electrons. The van der Waals surface area contributed by atoms with Gasteiger partial charge in [-0.25, -0.2) is 4.98 Å². The van der Waals surface area contributed by atoms with Gasteiger partial charge in [-0.2, -0.15) is 4.98 Å². The number of aliphatic hydroxyl groups excluding tert-OH is 1. The largest absolute Gasteiger partial charge is 0.394 e. The molecule has 140 valence electrons. The fraction of sp³-hybridized carbons (Fsp3) is 0.286. The van der Waals surface area contributed by atoms with Crippen LogP contribution in [0.15, 0.2) is 54.9 Å². The molecule has 3 N–H and O–H groups in total. The van der Waals surface area contributed by atoms with E-state index in [1.165, 1.54) is 0 Å². The Morgan fingerprint density at radius 3 is 2.56 bits per heavy atom. The quantitative estimate of drug-likeness (QED) is 0.588. The van der Waals surface area contributed by atoms with E-state index in [1.807, 2.05) is 63.2 Å². The Hall–Kier alpha value is -2.99. The third-order valence-electron chi connectivity index (χ3n) is 4.41. The van der Waals surface area contributed by atoms with Crippen LogP contribution in [0.3, 0.4) is 0 Å². The number of hydrogen-bond acceptors (Lipinski definition) is 6. The first-order valence-electron chi connectivity index (χ1n) is 9.06. The number of aromatic nitrogens is 3. The lowest BCUT2D eigenvalue weighted by Gasteiger charge is -2.21. The van der Waals surface area contributed by atoms with Crippen molar-refractivity contribution in [2.24, 2.45) is 5.92 Å². The van der Waals surface area contributed by atoms with E-state index in [2.05, 4.69) is 25.6 Å². The van der Waals surface area contributed by atoms with E-state index in [0.29, 0.717) is 11.8 Å². The Bertz CT molecular complexity index is 883. The molecule has 1 atom stereocenters. The average molecular weight is 363 g/mol. The lowest BCUT2D eigenvalue weighted by Crippen LogP contribution is -2.30. The Kier molecular flexibility index (Phi) is 5.98.